The Hall–Kier alpha value is -2.23. The largest absolute Gasteiger partial charge is 0.330 e. The smallest absolute Gasteiger partial charge is 0.268 e. The van der Waals surface area contributed by atoms with Crippen LogP contribution in [0.1, 0.15) is 18.3 Å². The molecule has 26 heavy (non-hydrogen) atoms. The van der Waals surface area contributed by atoms with Crippen LogP contribution in [0.3, 0.4) is 0 Å². The summed E-state index contributed by atoms with van der Waals surface area (Å²) in [6, 6.07) is 10.1. The van der Waals surface area contributed by atoms with Gasteiger partial charge in [-0.05, 0) is 35.6 Å². The van der Waals surface area contributed by atoms with Gasteiger partial charge in [-0.2, -0.15) is 0 Å². The molecular weight excluding hydrogens is 386 g/mol. The number of H-pyrrole nitrogens is 1. The van der Waals surface area contributed by atoms with Gasteiger partial charge in [0, 0.05) is 5.69 Å². The molecule has 0 bridgehead atoms. The SMILES string of the molecule is CCc1ccc(Nc2nnc(SCc3nc4ccsc4c(=O)[nH]3)s2)cc1. The Kier molecular flexibility index (Phi) is 5.00. The summed E-state index contributed by atoms with van der Waals surface area (Å²) in [5.41, 5.74) is 2.94. The van der Waals surface area contributed by atoms with E-state index in [9.17, 15) is 4.79 Å². The molecule has 6 nitrogen and oxygen atoms in total. The van der Waals surface area contributed by atoms with Crippen molar-refractivity contribution in [3.8, 4) is 0 Å². The van der Waals surface area contributed by atoms with Crippen molar-refractivity contribution in [2.45, 2.75) is 23.4 Å². The van der Waals surface area contributed by atoms with Gasteiger partial charge in [-0.25, -0.2) is 4.98 Å². The van der Waals surface area contributed by atoms with Gasteiger partial charge in [-0.1, -0.05) is 42.2 Å². The Balaban J connectivity index is 1.41. The van der Waals surface area contributed by atoms with Crippen molar-refractivity contribution in [3.05, 3.63) is 57.5 Å². The van der Waals surface area contributed by atoms with Crippen LogP contribution in [-0.4, -0.2) is 20.2 Å². The number of anilines is 2. The van der Waals surface area contributed by atoms with Crippen LogP contribution in [0.4, 0.5) is 10.8 Å². The van der Waals surface area contributed by atoms with E-state index in [1.807, 2.05) is 23.6 Å². The van der Waals surface area contributed by atoms with Gasteiger partial charge in [-0.3, -0.25) is 4.79 Å². The van der Waals surface area contributed by atoms with Crippen molar-refractivity contribution in [1.82, 2.24) is 20.2 Å². The Morgan fingerprint density at radius 2 is 2.04 bits per heavy atom. The molecule has 0 radical (unpaired) electrons. The average molecular weight is 402 g/mol. The summed E-state index contributed by atoms with van der Waals surface area (Å²) < 4.78 is 1.49. The summed E-state index contributed by atoms with van der Waals surface area (Å²) in [5, 5.41) is 14.2. The van der Waals surface area contributed by atoms with Crippen LogP contribution in [0.2, 0.25) is 0 Å². The minimum atomic E-state index is -0.0873. The number of aromatic nitrogens is 4. The second kappa shape index (κ2) is 7.56. The zero-order valence-electron chi connectivity index (χ0n) is 13.9. The number of benzene rings is 1. The van der Waals surface area contributed by atoms with E-state index in [4.69, 9.17) is 0 Å². The number of fused-ring (bicyclic) bond motifs is 1. The topological polar surface area (TPSA) is 83.6 Å². The quantitative estimate of drug-likeness (QED) is 0.465. The van der Waals surface area contributed by atoms with Gasteiger partial charge in [-0.15, -0.1) is 21.5 Å². The standard InChI is InChI=1S/C17H15N5OS3/c1-2-10-3-5-11(6-4-10)18-16-21-22-17(26-16)25-9-13-19-12-7-8-24-14(12)15(23)20-13/h3-8H,2,9H2,1H3,(H,18,21)(H,19,20,23). The van der Waals surface area contributed by atoms with E-state index in [1.165, 1.54) is 40.0 Å². The third kappa shape index (κ3) is 3.79. The van der Waals surface area contributed by atoms with Crippen LogP contribution in [-0.2, 0) is 12.2 Å². The zero-order valence-corrected chi connectivity index (χ0v) is 16.3. The number of nitrogens with zero attached hydrogens (tertiary/aromatic N) is 3. The number of aromatic amines is 1. The maximum atomic E-state index is 12.0. The van der Waals surface area contributed by atoms with Crippen molar-refractivity contribution < 1.29 is 0 Å². The monoisotopic (exact) mass is 401 g/mol. The number of thiophene rings is 1. The lowest BCUT2D eigenvalue weighted by molar-refractivity contribution is 1.00. The molecule has 0 spiro atoms. The van der Waals surface area contributed by atoms with Crippen LogP contribution in [0.5, 0.6) is 0 Å². The summed E-state index contributed by atoms with van der Waals surface area (Å²) in [6.45, 7) is 2.13. The number of aryl methyl sites for hydroxylation is 1. The molecule has 0 fully saturated rings. The highest BCUT2D eigenvalue weighted by Crippen LogP contribution is 2.29. The molecule has 1 aromatic carbocycles. The highest BCUT2D eigenvalue weighted by atomic mass is 32.2. The number of nitrogens with one attached hydrogen (secondary N) is 2. The predicted octanol–water partition coefficient (Wildman–Crippen LogP) is 4.43. The fourth-order valence-corrected chi connectivity index (χ4v) is 4.75. The average Bonchev–Trinajstić information content (AvgIpc) is 3.30. The first-order valence-corrected chi connectivity index (χ1v) is 10.7. The van der Waals surface area contributed by atoms with Crippen molar-refractivity contribution in [2.24, 2.45) is 0 Å². The molecule has 0 aliphatic rings. The van der Waals surface area contributed by atoms with Gasteiger partial charge in [0.25, 0.3) is 5.56 Å². The first-order valence-electron chi connectivity index (χ1n) is 8.00. The molecule has 3 heterocycles. The number of rotatable bonds is 6. The molecule has 0 unspecified atom stereocenters. The molecule has 4 aromatic rings. The predicted molar refractivity (Wildman–Crippen MR) is 109 cm³/mol. The summed E-state index contributed by atoms with van der Waals surface area (Å²) in [5.74, 6) is 1.19. The van der Waals surface area contributed by atoms with E-state index in [0.717, 1.165) is 27.1 Å². The Labute approximate surface area is 161 Å². The van der Waals surface area contributed by atoms with Crippen LogP contribution < -0.4 is 10.9 Å². The van der Waals surface area contributed by atoms with Crippen LogP contribution in [0, 0.1) is 0 Å². The summed E-state index contributed by atoms with van der Waals surface area (Å²) >= 11 is 4.39. The minimum absolute atomic E-state index is 0.0873. The normalized spacial score (nSPS) is 11.1. The Bertz CT molecular complexity index is 1080. The molecule has 132 valence electrons. The second-order valence-electron chi connectivity index (χ2n) is 5.48. The van der Waals surface area contributed by atoms with Crippen LogP contribution in [0.25, 0.3) is 10.2 Å². The minimum Gasteiger partial charge on any atom is -0.330 e. The van der Waals surface area contributed by atoms with E-state index in [1.54, 1.807) is 0 Å². The van der Waals surface area contributed by atoms with Crippen molar-refractivity contribution in [1.29, 1.82) is 0 Å². The summed E-state index contributed by atoms with van der Waals surface area (Å²) in [4.78, 5) is 19.3. The highest BCUT2D eigenvalue weighted by molar-refractivity contribution is 8.00. The summed E-state index contributed by atoms with van der Waals surface area (Å²) in [7, 11) is 0. The van der Waals surface area contributed by atoms with Crippen molar-refractivity contribution >= 4 is 55.5 Å². The van der Waals surface area contributed by atoms with Crippen LogP contribution >= 0.6 is 34.4 Å². The van der Waals surface area contributed by atoms with E-state index in [2.05, 4.69) is 44.5 Å². The van der Waals surface area contributed by atoms with E-state index in [0.29, 0.717) is 16.3 Å². The Morgan fingerprint density at radius 3 is 2.85 bits per heavy atom. The van der Waals surface area contributed by atoms with Crippen molar-refractivity contribution in [3.63, 3.8) is 0 Å². The molecule has 2 N–H and O–H groups in total. The van der Waals surface area contributed by atoms with E-state index >= 15 is 0 Å². The number of hydrogen-bond donors (Lipinski definition) is 2. The maximum absolute atomic E-state index is 12.0. The molecule has 9 heteroatoms. The fraction of sp³-hybridized carbons (Fsp3) is 0.176. The lowest BCUT2D eigenvalue weighted by atomic mass is 10.1. The molecule has 3 aromatic heterocycles. The first-order chi connectivity index (χ1) is 12.7. The van der Waals surface area contributed by atoms with E-state index < -0.39 is 0 Å². The highest BCUT2D eigenvalue weighted by Gasteiger charge is 2.09. The first kappa shape index (κ1) is 17.2. The molecule has 4 rings (SSSR count). The summed E-state index contributed by atoms with van der Waals surface area (Å²) in [6.07, 6.45) is 1.02. The van der Waals surface area contributed by atoms with Gasteiger partial charge >= 0.3 is 0 Å². The van der Waals surface area contributed by atoms with Gasteiger partial charge in [0.2, 0.25) is 5.13 Å². The van der Waals surface area contributed by atoms with Gasteiger partial charge in [0.05, 0.1) is 11.3 Å². The van der Waals surface area contributed by atoms with Gasteiger partial charge in [0.15, 0.2) is 4.34 Å². The third-order valence-corrected chi connectivity index (χ3v) is 6.60. The molecule has 0 saturated heterocycles. The Morgan fingerprint density at radius 1 is 1.19 bits per heavy atom. The molecular formula is C17H15N5OS3. The zero-order chi connectivity index (χ0) is 17.9. The molecule has 0 saturated carbocycles. The molecule has 0 aliphatic carbocycles. The maximum Gasteiger partial charge on any atom is 0.268 e. The van der Waals surface area contributed by atoms with Gasteiger partial charge in [0.1, 0.15) is 10.5 Å². The van der Waals surface area contributed by atoms with Crippen LogP contribution in [0.15, 0.2) is 44.8 Å². The van der Waals surface area contributed by atoms with Gasteiger partial charge < -0.3 is 10.3 Å². The lowest BCUT2D eigenvalue weighted by Crippen LogP contribution is -2.09. The third-order valence-electron chi connectivity index (χ3n) is 3.72. The lowest BCUT2D eigenvalue weighted by Gasteiger charge is -2.02. The molecule has 0 aliphatic heterocycles. The van der Waals surface area contributed by atoms with E-state index in [-0.39, 0.29) is 5.56 Å². The molecule has 0 amide bonds. The number of hydrogen-bond acceptors (Lipinski definition) is 8. The second-order valence-corrected chi connectivity index (χ2v) is 8.60. The number of thioether (sulfide) groups is 1. The fourth-order valence-electron chi connectivity index (χ4n) is 2.39. The van der Waals surface area contributed by atoms with Crippen molar-refractivity contribution in [2.75, 3.05) is 5.32 Å². The molecule has 0 atom stereocenters.